The van der Waals surface area contributed by atoms with Crippen LogP contribution in [-0.4, -0.2) is 37.2 Å². The second kappa shape index (κ2) is 5.75. The van der Waals surface area contributed by atoms with E-state index in [1.807, 2.05) is 6.07 Å². The smallest absolute Gasteiger partial charge is 0.260 e. The molecule has 1 N–H and O–H groups in total. The van der Waals surface area contributed by atoms with E-state index in [1.54, 1.807) is 18.3 Å². The molecular weight excluding hydrogens is 258 g/mol. The quantitative estimate of drug-likeness (QED) is 0.923. The number of carbonyl (C=O) groups excluding carboxylic acids is 1. The van der Waals surface area contributed by atoms with Gasteiger partial charge in [-0.15, -0.1) is 0 Å². The molecule has 1 fully saturated rings. The van der Waals surface area contributed by atoms with Gasteiger partial charge in [0.05, 0.1) is 36.9 Å². The lowest BCUT2D eigenvalue weighted by atomic mass is 10.3. The highest BCUT2D eigenvalue weighted by atomic mass is 16.5. The SMILES string of the molecule is O=C(Nc1ccc(N2CCOCC2)cn1)c1ccoc1. The fourth-order valence-corrected chi connectivity index (χ4v) is 2.05. The number of anilines is 2. The van der Waals surface area contributed by atoms with Crippen LogP contribution in [0.3, 0.4) is 0 Å². The third-order valence-electron chi connectivity index (χ3n) is 3.15. The van der Waals surface area contributed by atoms with Gasteiger partial charge in [0, 0.05) is 13.1 Å². The van der Waals surface area contributed by atoms with Crippen molar-refractivity contribution in [2.24, 2.45) is 0 Å². The minimum atomic E-state index is -0.231. The van der Waals surface area contributed by atoms with E-state index < -0.39 is 0 Å². The Morgan fingerprint density at radius 2 is 2.10 bits per heavy atom. The van der Waals surface area contributed by atoms with Crippen LogP contribution >= 0.6 is 0 Å². The maximum Gasteiger partial charge on any atom is 0.260 e. The lowest BCUT2D eigenvalue weighted by Crippen LogP contribution is -2.36. The molecule has 1 saturated heterocycles. The summed E-state index contributed by atoms with van der Waals surface area (Å²) in [4.78, 5) is 18.3. The standard InChI is InChI=1S/C14H15N3O3/c18-14(11-3-6-20-10-11)16-13-2-1-12(9-15-13)17-4-7-19-8-5-17/h1-3,6,9-10H,4-5,7-8H2,(H,15,16,18). The number of hydrogen-bond donors (Lipinski definition) is 1. The Kier molecular flexibility index (Phi) is 3.64. The van der Waals surface area contributed by atoms with Gasteiger partial charge in [-0.2, -0.15) is 0 Å². The fraction of sp³-hybridized carbons (Fsp3) is 0.286. The van der Waals surface area contributed by atoms with Crippen LogP contribution in [0.2, 0.25) is 0 Å². The van der Waals surface area contributed by atoms with Crippen molar-refractivity contribution in [3.63, 3.8) is 0 Å². The minimum absolute atomic E-state index is 0.231. The van der Waals surface area contributed by atoms with Crippen LogP contribution in [0.5, 0.6) is 0 Å². The first-order valence-corrected chi connectivity index (χ1v) is 6.45. The second-order valence-corrected chi connectivity index (χ2v) is 4.47. The topological polar surface area (TPSA) is 67.6 Å². The molecule has 0 radical (unpaired) electrons. The number of rotatable bonds is 3. The van der Waals surface area contributed by atoms with Crippen molar-refractivity contribution in [1.29, 1.82) is 0 Å². The molecule has 6 heteroatoms. The average molecular weight is 273 g/mol. The molecular formula is C14H15N3O3. The summed E-state index contributed by atoms with van der Waals surface area (Å²) in [7, 11) is 0. The van der Waals surface area contributed by atoms with Crippen molar-refractivity contribution in [2.45, 2.75) is 0 Å². The second-order valence-electron chi connectivity index (χ2n) is 4.47. The summed E-state index contributed by atoms with van der Waals surface area (Å²) >= 11 is 0. The molecule has 0 saturated carbocycles. The first-order valence-electron chi connectivity index (χ1n) is 6.45. The van der Waals surface area contributed by atoms with Crippen LogP contribution in [0, 0.1) is 0 Å². The summed E-state index contributed by atoms with van der Waals surface area (Å²) < 4.78 is 10.2. The molecule has 0 unspecified atom stereocenters. The summed E-state index contributed by atoms with van der Waals surface area (Å²) in [6.45, 7) is 3.20. The number of hydrogen-bond acceptors (Lipinski definition) is 5. The van der Waals surface area contributed by atoms with E-state index in [0.29, 0.717) is 11.4 Å². The van der Waals surface area contributed by atoms with E-state index >= 15 is 0 Å². The highest BCUT2D eigenvalue weighted by Gasteiger charge is 2.12. The van der Waals surface area contributed by atoms with Crippen molar-refractivity contribution >= 4 is 17.4 Å². The number of ether oxygens (including phenoxy) is 1. The summed E-state index contributed by atoms with van der Waals surface area (Å²) in [5, 5.41) is 2.72. The van der Waals surface area contributed by atoms with Crippen LogP contribution < -0.4 is 10.2 Å². The first-order chi connectivity index (χ1) is 9.83. The molecule has 0 aromatic carbocycles. The minimum Gasteiger partial charge on any atom is -0.472 e. The predicted molar refractivity (Wildman–Crippen MR) is 73.9 cm³/mol. The maximum absolute atomic E-state index is 11.8. The Hall–Kier alpha value is -2.34. The number of furan rings is 1. The van der Waals surface area contributed by atoms with Gasteiger partial charge in [0.2, 0.25) is 0 Å². The van der Waals surface area contributed by atoms with Crippen LogP contribution in [0.25, 0.3) is 0 Å². The monoisotopic (exact) mass is 273 g/mol. The van der Waals surface area contributed by atoms with E-state index in [9.17, 15) is 4.79 Å². The molecule has 2 aromatic rings. The van der Waals surface area contributed by atoms with Gasteiger partial charge in [-0.1, -0.05) is 0 Å². The van der Waals surface area contributed by atoms with Gasteiger partial charge >= 0.3 is 0 Å². The number of nitrogens with one attached hydrogen (secondary N) is 1. The molecule has 0 spiro atoms. The first kappa shape index (κ1) is 12.7. The normalized spacial score (nSPS) is 15.1. The van der Waals surface area contributed by atoms with Crippen molar-refractivity contribution in [1.82, 2.24) is 4.98 Å². The number of nitrogens with zero attached hydrogens (tertiary/aromatic N) is 2. The van der Waals surface area contributed by atoms with Crippen molar-refractivity contribution in [3.05, 3.63) is 42.5 Å². The number of carbonyl (C=O) groups is 1. The molecule has 0 bridgehead atoms. The molecule has 0 aliphatic carbocycles. The van der Waals surface area contributed by atoms with Gasteiger partial charge in [0.1, 0.15) is 12.1 Å². The largest absolute Gasteiger partial charge is 0.472 e. The van der Waals surface area contributed by atoms with Crippen LogP contribution in [0.15, 0.2) is 41.3 Å². The Bertz CT molecular complexity index is 560. The maximum atomic E-state index is 11.8. The molecule has 104 valence electrons. The zero-order valence-electron chi connectivity index (χ0n) is 10.9. The zero-order chi connectivity index (χ0) is 13.8. The van der Waals surface area contributed by atoms with Gasteiger partial charge in [-0.25, -0.2) is 4.98 Å². The number of morpholine rings is 1. The molecule has 1 aliphatic heterocycles. The van der Waals surface area contributed by atoms with Gasteiger partial charge in [0.25, 0.3) is 5.91 Å². The van der Waals surface area contributed by atoms with E-state index in [2.05, 4.69) is 15.2 Å². The van der Waals surface area contributed by atoms with E-state index in [1.165, 1.54) is 12.5 Å². The molecule has 1 aliphatic rings. The highest BCUT2D eigenvalue weighted by Crippen LogP contribution is 2.16. The third-order valence-corrected chi connectivity index (χ3v) is 3.15. The van der Waals surface area contributed by atoms with Gasteiger partial charge in [-0.05, 0) is 18.2 Å². The molecule has 6 nitrogen and oxygen atoms in total. The lowest BCUT2D eigenvalue weighted by Gasteiger charge is -2.28. The zero-order valence-corrected chi connectivity index (χ0v) is 10.9. The molecule has 3 heterocycles. The molecule has 2 aromatic heterocycles. The van der Waals surface area contributed by atoms with Crippen LogP contribution in [0.4, 0.5) is 11.5 Å². The Balaban J connectivity index is 1.65. The van der Waals surface area contributed by atoms with Gasteiger partial charge in [-0.3, -0.25) is 4.79 Å². The van der Waals surface area contributed by atoms with Crippen molar-refractivity contribution in [2.75, 3.05) is 36.5 Å². The number of aromatic nitrogens is 1. The van der Waals surface area contributed by atoms with Crippen molar-refractivity contribution < 1.29 is 13.9 Å². The lowest BCUT2D eigenvalue weighted by molar-refractivity contribution is 0.102. The Morgan fingerprint density at radius 1 is 1.25 bits per heavy atom. The molecule has 3 rings (SSSR count). The number of pyridine rings is 1. The summed E-state index contributed by atoms with van der Waals surface area (Å²) in [6, 6.07) is 5.35. The summed E-state index contributed by atoms with van der Waals surface area (Å²) in [6.07, 6.45) is 4.62. The Labute approximate surface area is 116 Å². The van der Waals surface area contributed by atoms with E-state index in [0.717, 1.165) is 32.0 Å². The molecule has 20 heavy (non-hydrogen) atoms. The summed E-state index contributed by atoms with van der Waals surface area (Å²) in [5.74, 6) is 0.290. The predicted octanol–water partition coefficient (Wildman–Crippen LogP) is 1.76. The van der Waals surface area contributed by atoms with E-state index in [-0.39, 0.29) is 5.91 Å². The van der Waals surface area contributed by atoms with Gasteiger partial charge in [0.15, 0.2) is 0 Å². The fourth-order valence-electron chi connectivity index (χ4n) is 2.05. The highest BCUT2D eigenvalue weighted by molar-refractivity contribution is 6.03. The number of amides is 1. The Morgan fingerprint density at radius 3 is 2.75 bits per heavy atom. The molecule has 0 atom stereocenters. The third kappa shape index (κ3) is 2.80. The summed E-state index contributed by atoms with van der Waals surface area (Å²) in [5.41, 5.74) is 1.51. The average Bonchev–Trinajstić information content (AvgIpc) is 3.03. The van der Waals surface area contributed by atoms with Crippen molar-refractivity contribution in [3.8, 4) is 0 Å². The van der Waals surface area contributed by atoms with Crippen LogP contribution in [-0.2, 0) is 4.74 Å². The molecule has 1 amide bonds. The van der Waals surface area contributed by atoms with E-state index in [4.69, 9.17) is 9.15 Å². The van der Waals surface area contributed by atoms with Gasteiger partial charge < -0.3 is 19.4 Å². The van der Waals surface area contributed by atoms with Crippen LogP contribution in [0.1, 0.15) is 10.4 Å².